The summed E-state index contributed by atoms with van der Waals surface area (Å²) < 4.78 is 1.70. The van der Waals surface area contributed by atoms with Crippen LogP contribution in [0.5, 0.6) is 0 Å². The third kappa shape index (κ3) is 2.98. The molecular weight excluding hydrogens is 230 g/mol. The number of carbonyl (C=O) groups is 1. The molecule has 1 atom stereocenters. The number of likely N-dealkylation sites (tertiary alicyclic amines) is 1. The van der Waals surface area contributed by atoms with E-state index in [0.717, 1.165) is 31.4 Å². The van der Waals surface area contributed by atoms with Crippen LogP contribution in [0.25, 0.3) is 6.08 Å². The first-order chi connectivity index (χ1) is 8.70. The Balaban J connectivity index is 2.00. The highest BCUT2D eigenvalue weighted by Gasteiger charge is 2.24. The molecule has 0 aliphatic carbocycles. The number of carbonyl (C=O) groups excluding carboxylic acids is 1. The maximum absolute atomic E-state index is 12.0. The van der Waals surface area contributed by atoms with Gasteiger partial charge in [-0.2, -0.15) is 5.10 Å². The van der Waals surface area contributed by atoms with Crippen molar-refractivity contribution in [2.75, 3.05) is 13.2 Å². The van der Waals surface area contributed by atoms with E-state index in [1.165, 1.54) is 0 Å². The highest BCUT2D eigenvalue weighted by atomic mass is 16.3. The predicted octanol–water partition coefficient (Wildman–Crippen LogP) is 0.807. The van der Waals surface area contributed by atoms with Crippen LogP contribution in [0.1, 0.15) is 24.8 Å². The van der Waals surface area contributed by atoms with Gasteiger partial charge >= 0.3 is 0 Å². The summed E-state index contributed by atoms with van der Waals surface area (Å²) in [5.41, 5.74) is 0.906. The standard InChI is InChI=1S/C13H19N3O2/c1-15-9-11(8-14-15)5-6-13(18)16-7-3-2-4-12(16)10-17/h5-6,8-9,12,17H,2-4,7,10H2,1H3/b6-5+. The van der Waals surface area contributed by atoms with Crippen molar-refractivity contribution in [2.24, 2.45) is 7.05 Å². The highest BCUT2D eigenvalue weighted by Crippen LogP contribution is 2.17. The van der Waals surface area contributed by atoms with E-state index in [4.69, 9.17) is 0 Å². The van der Waals surface area contributed by atoms with Crippen molar-refractivity contribution >= 4 is 12.0 Å². The Hall–Kier alpha value is -1.62. The summed E-state index contributed by atoms with van der Waals surface area (Å²) in [6, 6.07) is -0.0233. The van der Waals surface area contributed by atoms with Crippen molar-refractivity contribution in [1.29, 1.82) is 0 Å². The van der Waals surface area contributed by atoms with Gasteiger partial charge in [-0.15, -0.1) is 0 Å². The van der Waals surface area contributed by atoms with Gasteiger partial charge < -0.3 is 10.0 Å². The number of rotatable bonds is 3. The summed E-state index contributed by atoms with van der Waals surface area (Å²) in [6.45, 7) is 0.786. The van der Waals surface area contributed by atoms with E-state index >= 15 is 0 Å². The van der Waals surface area contributed by atoms with E-state index in [1.807, 2.05) is 13.2 Å². The number of amides is 1. The zero-order valence-electron chi connectivity index (χ0n) is 10.6. The number of aliphatic hydroxyl groups is 1. The minimum absolute atomic E-state index is 0.0233. The second-order valence-electron chi connectivity index (χ2n) is 4.64. The van der Waals surface area contributed by atoms with E-state index in [1.54, 1.807) is 27.9 Å². The molecule has 1 aliphatic heterocycles. The average molecular weight is 249 g/mol. The molecule has 0 aromatic carbocycles. The Morgan fingerprint density at radius 1 is 1.61 bits per heavy atom. The summed E-state index contributed by atoms with van der Waals surface area (Å²) in [4.78, 5) is 13.8. The van der Waals surface area contributed by atoms with Gasteiger partial charge in [0.25, 0.3) is 0 Å². The van der Waals surface area contributed by atoms with Gasteiger partial charge in [-0.05, 0) is 25.3 Å². The van der Waals surface area contributed by atoms with Gasteiger partial charge in [0.1, 0.15) is 0 Å². The van der Waals surface area contributed by atoms with Gasteiger partial charge in [0, 0.05) is 31.4 Å². The van der Waals surface area contributed by atoms with Gasteiger partial charge in [0.05, 0.1) is 18.8 Å². The van der Waals surface area contributed by atoms with Crippen molar-refractivity contribution in [2.45, 2.75) is 25.3 Å². The second kappa shape index (κ2) is 5.82. The first-order valence-corrected chi connectivity index (χ1v) is 6.29. The summed E-state index contributed by atoms with van der Waals surface area (Å²) in [5.74, 6) is -0.0300. The molecule has 0 saturated carbocycles. The number of aromatic nitrogens is 2. The molecule has 0 radical (unpaired) electrons. The Morgan fingerprint density at radius 3 is 3.11 bits per heavy atom. The van der Waals surface area contributed by atoms with Crippen LogP contribution in [0.2, 0.25) is 0 Å². The van der Waals surface area contributed by atoms with Crippen LogP contribution in [0.15, 0.2) is 18.5 Å². The molecule has 1 unspecified atom stereocenters. The molecule has 1 fully saturated rings. The molecule has 1 amide bonds. The highest BCUT2D eigenvalue weighted by molar-refractivity contribution is 5.92. The SMILES string of the molecule is Cn1cc(/C=C/C(=O)N2CCCCC2CO)cn1. The van der Waals surface area contributed by atoms with Gasteiger partial charge in [0.15, 0.2) is 0 Å². The van der Waals surface area contributed by atoms with Crippen molar-refractivity contribution in [3.05, 3.63) is 24.0 Å². The van der Waals surface area contributed by atoms with E-state index < -0.39 is 0 Å². The fourth-order valence-electron chi connectivity index (χ4n) is 2.27. The molecule has 2 heterocycles. The Kier molecular flexibility index (Phi) is 4.15. The molecule has 1 aromatic heterocycles. The fraction of sp³-hybridized carbons (Fsp3) is 0.538. The first kappa shape index (κ1) is 12.8. The van der Waals surface area contributed by atoms with Crippen molar-refractivity contribution in [3.8, 4) is 0 Å². The average Bonchev–Trinajstić information content (AvgIpc) is 2.81. The van der Waals surface area contributed by atoms with E-state index in [2.05, 4.69) is 5.10 Å². The zero-order chi connectivity index (χ0) is 13.0. The summed E-state index contributed by atoms with van der Waals surface area (Å²) in [7, 11) is 1.84. The minimum Gasteiger partial charge on any atom is -0.394 e. The maximum Gasteiger partial charge on any atom is 0.246 e. The van der Waals surface area contributed by atoms with Crippen LogP contribution < -0.4 is 0 Å². The van der Waals surface area contributed by atoms with E-state index in [9.17, 15) is 9.90 Å². The smallest absolute Gasteiger partial charge is 0.246 e. The lowest BCUT2D eigenvalue weighted by atomic mass is 10.0. The quantitative estimate of drug-likeness (QED) is 0.806. The Morgan fingerprint density at radius 2 is 2.44 bits per heavy atom. The third-order valence-corrected chi connectivity index (χ3v) is 3.26. The molecule has 0 bridgehead atoms. The minimum atomic E-state index is -0.0300. The van der Waals surface area contributed by atoms with Crippen molar-refractivity contribution in [3.63, 3.8) is 0 Å². The second-order valence-corrected chi connectivity index (χ2v) is 4.64. The number of hydrogen-bond acceptors (Lipinski definition) is 3. The molecule has 5 nitrogen and oxygen atoms in total. The van der Waals surface area contributed by atoms with Gasteiger partial charge in [0.2, 0.25) is 5.91 Å². The number of aliphatic hydroxyl groups excluding tert-OH is 1. The molecule has 1 aromatic rings. The number of hydrogen-bond donors (Lipinski definition) is 1. The molecule has 98 valence electrons. The number of nitrogens with zero attached hydrogens (tertiary/aromatic N) is 3. The molecule has 5 heteroatoms. The summed E-state index contributed by atoms with van der Waals surface area (Å²) in [6.07, 6.45) is 9.88. The van der Waals surface area contributed by atoms with Crippen LogP contribution in [-0.4, -0.2) is 44.9 Å². The Labute approximate surface area is 107 Å². The first-order valence-electron chi connectivity index (χ1n) is 6.29. The van der Waals surface area contributed by atoms with Crippen molar-refractivity contribution < 1.29 is 9.90 Å². The lowest BCUT2D eigenvalue weighted by Crippen LogP contribution is -2.44. The molecule has 0 spiro atoms. The maximum atomic E-state index is 12.0. The number of piperidine rings is 1. The van der Waals surface area contributed by atoms with Crippen LogP contribution in [0.3, 0.4) is 0 Å². The lowest BCUT2D eigenvalue weighted by molar-refractivity contribution is -0.130. The van der Waals surface area contributed by atoms with E-state index in [0.29, 0.717) is 0 Å². The molecule has 2 rings (SSSR count). The van der Waals surface area contributed by atoms with Crippen molar-refractivity contribution in [1.82, 2.24) is 14.7 Å². The molecule has 1 saturated heterocycles. The summed E-state index contributed by atoms with van der Waals surface area (Å²) >= 11 is 0. The summed E-state index contributed by atoms with van der Waals surface area (Å²) in [5, 5.41) is 13.3. The third-order valence-electron chi connectivity index (χ3n) is 3.26. The Bertz CT molecular complexity index is 439. The topological polar surface area (TPSA) is 58.4 Å². The number of aryl methyl sites for hydroxylation is 1. The van der Waals surface area contributed by atoms with Gasteiger partial charge in [-0.1, -0.05) is 0 Å². The molecular formula is C13H19N3O2. The predicted molar refractivity (Wildman–Crippen MR) is 68.7 cm³/mol. The fourth-order valence-corrected chi connectivity index (χ4v) is 2.27. The van der Waals surface area contributed by atoms with E-state index in [-0.39, 0.29) is 18.6 Å². The van der Waals surface area contributed by atoms with Gasteiger partial charge in [-0.25, -0.2) is 0 Å². The lowest BCUT2D eigenvalue weighted by Gasteiger charge is -2.33. The largest absolute Gasteiger partial charge is 0.394 e. The normalized spacial score (nSPS) is 20.6. The van der Waals surface area contributed by atoms with Crippen LogP contribution in [-0.2, 0) is 11.8 Å². The molecule has 1 aliphatic rings. The van der Waals surface area contributed by atoms with Crippen LogP contribution in [0, 0.1) is 0 Å². The molecule has 1 N–H and O–H groups in total. The van der Waals surface area contributed by atoms with Gasteiger partial charge in [-0.3, -0.25) is 9.48 Å². The van der Waals surface area contributed by atoms with Crippen LogP contribution >= 0.6 is 0 Å². The monoisotopic (exact) mass is 249 g/mol. The van der Waals surface area contributed by atoms with Crippen LogP contribution in [0.4, 0.5) is 0 Å². The zero-order valence-corrected chi connectivity index (χ0v) is 10.6. The molecule has 18 heavy (non-hydrogen) atoms.